The Morgan fingerprint density at radius 3 is 2.62 bits per heavy atom. The molecule has 1 N–H and O–H groups in total. The summed E-state index contributed by atoms with van der Waals surface area (Å²) in [5, 5.41) is 8.86. The molecule has 4 heteroatoms. The second-order valence-electron chi connectivity index (χ2n) is 3.92. The summed E-state index contributed by atoms with van der Waals surface area (Å²) in [6.45, 7) is 5.97. The van der Waals surface area contributed by atoms with Gasteiger partial charge in [0.1, 0.15) is 0 Å². The molecule has 0 saturated heterocycles. The van der Waals surface area contributed by atoms with Crippen LogP contribution in [0.5, 0.6) is 0 Å². The van der Waals surface area contributed by atoms with E-state index in [9.17, 15) is 4.79 Å². The molecule has 0 aliphatic rings. The predicted molar refractivity (Wildman–Crippen MR) is 62.0 cm³/mol. The zero-order valence-corrected chi connectivity index (χ0v) is 9.76. The first kappa shape index (κ1) is 12.6. The van der Waals surface area contributed by atoms with Crippen LogP contribution in [0.25, 0.3) is 0 Å². The van der Waals surface area contributed by atoms with Gasteiger partial charge in [0.05, 0.1) is 5.92 Å². The maximum Gasteiger partial charge on any atom is 0.307 e. The Hall–Kier alpha value is -1.42. The van der Waals surface area contributed by atoms with E-state index in [1.54, 1.807) is 19.3 Å². The highest BCUT2D eigenvalue weighted by Crippen LogP contribution is 2.06. The summed E-state index contributed by atoms with van der Waals surface area (Å²) in [6.07, 6.45) is 3.51. The van der Waals surface area contributed by atoms with Crippen LogP contribution in [-0.4, -0.2) is 34.0 Å². The first-order valence-corrected chi connectivity index (χ1v) is 5.47. The highest BCUT2D eigenvalue weighted by atomic mass is 16.4. The van der Waals surface area contributed by atoms with Crippen LogP contribution in [0.2, 0.25) is 0 Å². The maximum atomic E-state index is 10.8. The van der Waals surface area contributed by atoms with Gasteiger partial charge < -0.3 is 5.11 Å². The third-order valence-corrected chi connectivity index (χ3v) is 2.56. The van der Waals surface area contributed by atoms with Crippen LogP contribution >= 0.6 is 0 Å². The summed E-state index contributed by atoms with van der Waals surface area (Å²) in [7, 11) is 0. The van der Waals surface area contributed by atoms with Crippen LogP contribution in [-0.2, 0) is 11.3 Å². The maximum absolute atomic E-state index is 10.8. The first-order chi connectivity index (χ1) is 7.63. The molecule has 0 aromatic carbocycles. The monoisotopic (exact) mass is 222 g/mol. The van der Waals surface area contributed by atoms with E-state index in [1.807, 2.05) is 19.1 Å². The van der Waals surface area contributed by atoms with Crippen LogP contribution in [0, 0.1) is 5.92 Å². The molecule has 1 unspecified atom stereocenters. The first-order valence-electron chi connectivity index (χ1n) is 5.47. The average molecular weight is 222 g/mol. The molecule has 4 nitrogen and oxygen atoms in total. The normalized spacial score (nSPS) is 12.7. The zero-order valence-electron chi connectivity index (χ0n) is 9.76. The van der Waals surface area contributed by atoms with Gasteiger partial charge in [-0.3, -0.25) is 14.7 Å². The van der Waals surface area contributed by atoms with Crippen molar-refractivity contribution in [2.24, 2.45) is 5.92 Å². The largest absolute Gasteiger partial charge is 0.481 e. The Labute approximate surface area is 95.9 Å². The molecule has 1 heterocycles. The van der Waals surface area contributed by atoms with Crippen molar-refractivity contribution in [2.45, 2.75) is 20.4 Å². The highest BCUT2D eigenvalue weighted by molar-refractivity contribution is 5.69. The van der Waals surface area contributed by atoms with Crippen molar-refractivity contribution in [3.8, 4) is 0 Å². The number of aromatic nitrogens is 1. The lowest BCUT2D eigenvalue weighted by molar-refractivity contribution is -0.141. The number of hydrogen-bond donors (Lipinski definition) is 1. The standard InChI is InChI=1S/C12H18N2O2/c1-3-14(8-10(2)12(15)16)9-11-4-6-13-7-5-11/h4-7,10H,3,8-9H2,1-2H3,(H,15,16). The van der Waals surface area contributed by atoms with Gasteiger partial charge in [-0.15, -0.1) is 0 Å². The van der Waals surface area contributed by atoms with Crippen LogP contribution in [0.4, 0.5) is 0 Å². The molecule has 0 aliphatic carbocycles. The SMILES string of the molecule is CCN(Cc1ccncc1)CC(C)C(=O)O. The zero-order chi connectivity index (χ0) is 12.0. The molecule has 1 aromatic rings. The number of carboxylic acids is 1. The molecule has 0 saturated carbocycles. The molecular weight excluding hydrogens is 204 g/mol. The van der Waals surface area contributed by atoms with Gasteiger partial charge in [-0.05, 0) is 24.2 Å². The van der Waals surface area contributed by atoms with Gasteiger partial charge >= 0.3 is 5.97 Å². The third kappa shape index (κ3) is 3.98. The molecule has 0 spiro atoms. The fourth-order valence-corrected chi connectivity index (χ4v) is 1.52. The lowest BCUT2D eigenvalue weighted by Gasteiger charge is -2.22. The Morgan fingerprint density at radius 2 is 2.12 bits per heavy atom. The summed E-state index contributed by atoms with van der Waals surface area (Å²) in [4.78, 5) is 16.8. The van der Waals surface area contributed by atoms with Crippen LogP contribution < -0.4 is 0 Å². The van der Waals surface area contributed by atoms with Crippen LogP contribution in [0.1, 0.15) is 19.4 Å². The van der Waals surface area contributed by atoms with E-state index in [0.717, 1.165) is 18.7 Å². The number of carboxylic acid groups (broad SMARTS) is 1. The van der Waals surface area contributed by atoms with Gasteiger partial charge in [-0.1, -0.05) is 13.8 Å². The number of rotatable bonds is 6. The Kier molecular flexibility index (Phi) is 4.92. The van der Waals surface area contributed by atoms with Gasteiger partial charge in [-0.25, -0.2) is 0 Å². The molecule has 0 aliphatic heterocycles. The fraction of sp³-hybridized carbons (Fsp3) is 0.500. The number of hydrogen-bond acceptors (Lipinski definition) is 3. The summed E-state index contributed by atoms with van der Waals surface area (Å²) < 4.78 is 0. The highest BCUT2D eigenvalue weighted by Gasteiger charge is 2.14. The summed E-state index contributed by atoms with van der Waals surface area (Å²) in [5.74, 6) is -1.07. The molecule has 0 fully saturated rings. The second kappa shape index (κ2) is 6.23. The minimum atomic E-state index is -0.742. The minimum Gasteiger partial charge on any atom is -0.481 e. The number of nitrogens with zero attached hydrogens (tertiary/aromatic N) is 2. The quantitative estimate of drug-likeness (QED) is 0.794. The molecule has 0 amide bonds. The van der Waals surface area contributed by atoms with E-state index in [0.29, 0.717) is 6.54 Å². The molecule has 0 bridgehead atoms. The van der Waals surface area contributed by atoms with Gasteiger partial charge in [0.25, 0.3) is 0 Å². The molecule has 1 rings (SSSR count). The predicted octanol–water partition coefficient (Wildman–Crippen LogP) is 1.62. The molecular formula is C12H18N2O2. The van der Waals surface area contributed by atoms with Crippen molar-refractivity contribution in [1.29, 1.82) is 0 Å². The summed E-state index contributed by atoms with van der Waals surface area (Å²) in [5.41, 5.74) is 1.16. The van der Waals surface area contributed by atoms with E-state index in [-0.39, 0.29) is 5.92 Å². The van der Waals surface area contributed by atoms with E-state index in [2.05, 4.69) is 9.88 Å². The van der Waals surface area contributed by atoms with Gasteiger partial charge in [0.15, 0.2) is 0 Å². The van der Waals surface area contributed by atoms with Crippen LogP contribution in [0.15, 0.2) is 24.5 Å². The third-order valence-electron chi connectivity index (χ3n) is 2.56. The van der Waals surface area contributed by atoms with E-state index in [1.165, 1.54) is 0 Å². The minimum absolute atomic E-state index is 0.332. The van der Waals surface area contributed by atoms with Crippen molar-refractivity contribution in [2.75, 3.05) is 13.1 Å². The van der Waals surface area contributed by atoms with Crippen molar-refractivity contribution in [1.82, 2.24) is 9.88 Å². The molecule has 88 valence electrons. The van der Waals surface area contributed by atoms with E-state index >= 15 is 0 Å². The van der Waals surface area contributed by atoms with Crippen molar-refractivity contribution in [3.05, 3.63) is 30.1 Å². The number of pyridine rings is 1. The van der Waals surface area contributed by atoms with E-state index in [4.69, 9.17) is 5.11 Å². The number of aliphatic carboxylic acids is 1. The Morgan fingerprint density at radius 1 is 1.50 bits per heavy atom. The fourth-order valence-electron chi connectivity index (χ4n) is 1.52. The van der Waals surface area contributed by atoms with Crippen LogP contribution in [0.3, 0.4) is 0 Å². The number of carbonyl (C=O) groups is 1. The lowest BCUT2D eigenvalue weighted by atomic mass is 10.1. The van der Waals surface area contributed by atoms with Gasteiger partial charge in [0, 0.05) is 25.5 Å². The Bertz CT molecular complexity index is 327. The molecule has 1 aromatic heterocycles. The van der Waals surface area contributed by atoms with Gasteiger partial charge in [0.2, 0.25) is 0 Å². The summed E-state index contributed by atoms with van der Waals surface area (Å²) in [6, 6.07) is 3.90. The Balaban J connectivity index is 2.53. The molecule has 16 heavy (non-hydrogen) atoms. The average Bonchev–Trinajstić information content (AvgIpc) is 2.29. The molecule has 0 radical (unpaired) electrons. The van der Waals surface area contributed by atoms with E-state index < -0.39 is 5.97 Å². The molecule has 1 atom stereocenters. The van der Waals surface area contributed by atoms with Crippen molar-refractivity contribution < 1.29 is 9.90 Å². The smallest absolute Gasteiger partial charge is 0.307 e. The van der Waals surface area contributed by atoms with Crippen molar-refractivity contribution in [3.63, 3.8) is 0 Å². The summed E-state index contributed by atoms with van der Waals surface area (Å²) >= 11 is 0. The topological polar surface area (TPSA) is 53.4 Å². The lowest BCUT2D eigenvalue weighted by Crippen LogP contribution is -2.31. The van der Waals surface area contributed by atoms with Crippen molar-refractivity contribution >= 4 is 5.97 Å². The second-order valence-corrected chi connectivity index (χ2v) is 3.92. The van der Waals surface area contributed by atoms with Gasteiger partial charge in [-0.2, -0.15) is 0 Å².